The molecular weight excluding hydrogens is 448 g/mol. The van der Waals surface area contributed by atoms with E-state index in [-0.39, 0.29) is 11.9 Å². The number of esters is 1. The van der Waals surface area contributed by atoms with Gasteiger partial charge in [0.15, 0.2) is 0 Å². The predicted molar refractivity (Wildman–Crippen MR) is 124 cm³/mol. The van der Waals surface area contributed by atoms with Gasteiger partial charge in [-0.25, -0.2) is 4.79 Å². The number of ether oxygens (including phenoxy) is 2. The number of aliphatic hydroxyl groups excluding tert-OH is 1. The van der Waals surface area contributed by atoms with Crippen molar-refractivity contribution in [3.8, 4) is 11.5 Å². The second-order valence-corrected chi connectivity index (χ2v) is 9.92. The number of β-amino-alcohol motifs (C(OH)–C–C–N with tert-alkyl or cyclic N) is 1. The molecule has 1 aliphatic rings. The summed E-state index contributed by atoms with van der Waals surface area (Å²) in [5, 5.41) is 10.6. The van der Waals surface area contributed by atoms with Crippen LogP contribution in [0.2, 0.25) is 0 Å². The fourth-order valence-electron chi connectivity index (χ4n) is 3.93. The highest BCUT2D eigenvalue weighted by Crippen LogP contribution is 2.38. The number of rotatable bonds is 4. The SMILES string of the molecule is COC(=O)c1c(C)sc2cc(Oc3ccnc4cc(C(=O)N5CC[C@@H](O)C5)sc34)ccc12. The number of thiophene rings is 2. The van der Waals surface area contributed by atoms with Crippen LogP contribution in [0.4, 0.5) is 0 Å². The Hall–Kier alpha value is -3.01. The molecule has 1 amide bonds. The number of carbonyl (C=O) groups excluding carboxylic acids is 2. The largest absolute Gasteiger partial charge is 0.465 e. The van der Waals surface area contributed by atoms with Crippen LogP contribution in [0.25, 0.3) is 20.3 Å². The van der Waals surface area contributed by atoms with Crippen molar-refractivity contribution in [3.63, 3.8) is 0 Å². The van der Waals surface area contributed by atoms with Crippen LogP contribution in [0.1, 0.15) is 31.3 Å². The van der Waals surface area contributed by atoms with E-state index in [1.54, 1.807) is 23.2 Å². The summed E-state index contributed by atoms with van der Waals surface area (Å²) >= 11 is 2.85. The van der Waals surface area contributed by atoms with Crippen molar-refractivity contribution in [1.82, 2.24) is 9.88 Å². The van der Waals surface area contributed by atoms with Gasteiger partial charge in [-0.15, -0.1) is 22.7 Å². The minimum Gasteiger partial charge on any atom is -0.465 e. The summed E-state index contributed by atoms with van der Waals surface area (Å²) in [6.45, 7) is 2.81. The number of fused-ring (bicyclic) bond motifs is 2. The second-order valence-electron chi connectivity index (χ2n) is 7.61. The number of aryl methyl sites for hydroxylation is 1. The number of likely N-dealkylation sites (tertiary alicyclic amines) is 1. The van der Waals surface area contributed by atoms with E-state index in [1.807, 2.05) is 25.1 Å². The Balaban J connectivity index is 1.46. The zero-order chi connectivity index (χ0) is 22.4. The Bertz CT molecular complexity index is 1360. The summed E-state index contributed by atoms with van der Waals surface area (Å²) in [4.78, 5) is 32.4. The molecule has 0 aliphatic carbocycles. The Morgan fingerprint density at radius 2 is 2.06 bits per heavy atom. The van der Waals surface area contributed by atoms with E-state index < -0.39 is 6.10 Å². The summed E-state index contributed by atoms with van der Waals surface area (Å²) < 4.78 is 12.8. The molecule has 1 fully saturated rings. The highest BCUT2D eigenvalue weighted by atomic mass is 32.1. The van der Waals surface area contributed by atoms with Crippen molar-refractivity contribution < 1.29 is 24.2 Å². The Morgan fingerprint density at radius 3 is 2.81 bits per heavy atom. The summed E-state index contributed by atoms with van der Waals surface area (Å²) in [6.07, 6.45) is 1.80. The zero-order valence-electron chi connectivity index (χ0n) is 17.5. The van der Waals surface area contributed by atoms with E-state index in [0.717, 1.165) is 19.7 Å². The highest BCUT2D eigenvalue weighted by Gasteiger charge is 2.27. The van der Waals surface area contributed by atoms with Gasteiger partial charge in [0, 0.05) is 40.3 Å². The molecule has 164 valence electrons. The van der Waals surface area contributed by atoms with Crippen molar-refractivity contribution in [1.29, 1.82) is 0 Å². The summed E-state index contributed by atoms with van der Waals surface area (Å²) in [7, 11) is 1.38. The number of nitrogens with zero attached hydrogens (tertiary/aromatic N) is 2. The molecule has 32 heavy (non-hydrogen) atoms. The molecular formula is C23H20N2O5S2. The number of aliphatic hydroxyl groups is 1. The normalized spacial score (nSPS) is 16.1. The maximum absolute atomic E-state index is 12.8. The highest BCUT2D eigenvalue weighted by molar-refractivity contribution is 7.21. The lowest BCUT2D eigenvalue weighted by Gasteiger charge is -2.13. The number of pyridine rings is 1. The van der Waals surface area contributed by atoms with E-state index >= 15 is 0 Å². The number of hydrogen-bond acceptors (Lipinski definition) is 8. The quantitative estimate of drug-likeness (QED) is 0.440. The summed E-state index contributed by atoms with van der Waals surface area (Å²) in [5.41, 5.74) is 1.27. The lowest BCUT2D eigenvalue weighted by atomic mass is 10.1. The molecule has 1 saturated heterocycles. The van der Waals surface area contributed by atoms with Crippen molar-refractivity contribution in [3.05, 3.63) is 51.8 Å². The average molecular weight is 469 g/mol. The van der Waals surface area contributed by atoms with Crippen LogP contribution in [0.15, 0.2) is 36.5 Å². The lowest BCUT2D eigenvalue weighted by Crippen LogP contribution is -2.28. The van der Waals surface area contributed by atoms with Gasteiger partial charge in [-0.05, 0) is 37.6 Å². The predicted octanol–water partition coefficient (Wildman–Crippen LogP) is 4.61. The zero-order valence-corrected chi connectivity index (χ0v) is 19.1. The van der Waals surface area contributed by atoms with Gasteiger partial charge < -0.3 is 19.5 Å². The van der Waals surface area contributed by atoms with Crippen molar-refractivity contribution in [2.45, 2.75) is 19.4 Å². The molecule has 1 aromatic carbocycles. The van der Waals surface area contributed by atoms with E-state index in [2.05, 4.69) is 4.98 Å². The summed E-state index contributed by atoms with van der Waals surface area (Å²) in [5.74, 6) is 0.800. The lowest BCUT2D eigenvalue weighted by molar-refractivity contribution is 0.0602. The van der Waals surface area contributed by atoms with Gasteiger partial charge in [0.05, 0.1) is 33.9 Å². The Labute approximate surface area is 191 Å². The first-order valence-electron chi connectivity index (χ1n) is 10.1. The maximum atomic E-state index is 12.8. The van der Waals surface area contributed by atoms with E-state index in [9.17, 15) is 14.7 Å². The van der Waals surface area contributed by atoms with Gasteiger partial charge in [0.1, 0.15) is 11.5 Å². The third kappa shape index (κ3) is 3.62. The number of aromatic nitrogens is 1. The maximum Gasteiger partial charge on any atom is 0.339 e. The third-order valence-electron chi connectivity index (χ3n) is 5.49. The molecule has 7 nitrogen and oxygen atoms in total. The van der Waals surface area contributed by atoms with Crippen molar-refractivity contribution in [2.24, 2.45) is 0 Å². The molecule has 0 saturated carbocycles. The average Bonchev–Trinajstić information content (AvgIpc) is 3.49. The third-order valence-corrected chi connectivity index (χ3v) is 7.69. The van der Waals surface area contributed by atoms with Crippen molar-refractivity contribution >= 4 is 54.9 Å². The fraction of sp³-hybridized carbons (Fsp3) is 0.261. The molecule has 5 rings (SSSR count). The molecule has 3 aromatic heterocycles. The van der Waals surface area contributed by atoms with Crippen LogP contribution < -0.4 is 4.74 Å². The molecule has 0 spiro atoms. The van der Waals surface area contributed by atoms with Gasteiger partial charge in [-0.2, -0.15) is 0 Å². The number of hydrogen-bond donors (Lipinski definition) is 1. The Morgan fingerprint density at radius 1 is 1.22 bits per heavy atom. The fourth-order valence-corrected chi connectivity index (χ4v) is 6.04. The molecule has 1 atom stereocenters. The number of carbonyl (C=O) groups is 2. The van der Waals surface area contributed by atoms with Gasteiger partial charge in [0.2, 0.25) is 0 Å². The molecule has 0 radical (unpaired) electrons. The molecule has 9 heteroatoms. The number of amides is 1. The van der Waals surface area contributed by atoms with Gasteiger partial charge in [-0.3, -0.25) is 9.78 Å². The number of benzene rings is 1. The smallest absolute Gasteiger partial charge is 0.339 e. The Kier molecular flexibility index (Phi) is 5.32. The second kappa shape index (κ2) is 8.16. The molecule has 0 unspecified atom stereocenters. The van der Waals surface area contributed by atoms with Gasteiger partial charge >= 0.3 is 5.97 Å². The van der Waals surface area contributed by atoms with Crippen LogP contribution >= 0.6 is 22.7 Å². The molecule has 1 N–H and O–H groups in total. The monoisotopic (exact) mass is 468 g/mol. The molecule has 0 bridgehead atoms. The van der Waals surface area contributed by atoms with Crippen LogP contribution in [0.5, 0.6) is 11.5 Å². The van der Waals surface area contributed by atoms with Gasteiger partial charge in [-0.1, -0.05) is 0 Å². The topological polar surface area (TPSA) is 89.0 Å². The van der Waals surface area contributed by atoms with Gasteiger partial charge in [0.25, 0.3) is 5.91 Å². The van der Waals surface area contributed by atoms with Crippen molar-refractivity contribution in [2.75, 3.05) is 20.2 Å². The summed E-state index contributed by atoms with van der Waals surface area (Å²) in [6, 6.07) is 9.13. The first-order chi connectivity index (χ1) is 15.4. The first-order valence-corrected chi connectivity index (χ1v) is 11.7. The van der Waals surface area contributed by atoms with E-state index in [1.165, 1.54) is 29.8 Å². The molecule has 4 aromatic rings. The van der Waals surface area contributed by atoms with Crippen LogP contribution in [-0.2, 0) is 4.74 Å². The van der Waals surface area contributed by atoms with Crippen LogP contribution in [-0.4, -0.2) is 53.2 Å². The van der Waals surface area contributed by atoms with E-state index in [4.69, 9.17) is 9.47 Å². The minimum atomic E-state index is -0.458. The molecule has 4 heterocycles. The van der Waals surface area contributed by atoms with Crippen LogP contribution in [0, 0.1) is 6.92 Å². The minimum absolute atomic E-state index is 0.0960. The van der Waals surface area contributed by atoms with Crippen LogP contribution in [0.3, 0.4) is 0 Å². The number of methoxy groups -OCH3 is 1. The first kappa shape index (κ1) is 20.9. The standard InChI is InChI=1S/C23H20N2O5S2/c1-12-20(23(28)29-2)15-4-3-14(9-18(15)31-12)30-17-5-7-24-16-10-19(32-21(16)17)22(27)25-8-6-13(26)11-25/h3-5,7,9-10,13,26H,6,8,11H2,1-2H3/t13-/m1/s1. The molecule has 1 aliphatic heterocycles. The van der Waals surface area contributed by atoms with E-state index in [0.29, 0.717) is 47.0 Å².